The molecule has 0 bridgehead atoms. The van der Waals surface area contributed by atoms with Crippen LogP contribution in [0.1, 0.15) is 12.5 Å². The summed E-state index contributed by atoms with van der Waals surface area (Å²) < 4.78 is 0. The Morgan fingerprint density at radius 1 is 1.46 bits per heavy atom. The van der Waals surface area contributed by atoms with E-state index in [0.717, 1.165) is 10.9 Å². The van der Waals surface area contributed by atoms with Crippen molar-refractivity contribution in [3.63, 3.8) is 0 Å². The lowest BCUT2D eigenvalue weighted by atomic mass is 10.1. The first-order valence-electron chi connectivity index (χ1n) is 3.82. The van der Waals surface area contributed by atoms with E-state index < -0.39 is 0 Å². The maximum absolute atomic E-state index is 6.00. The van der Waals surface area contributed by atoms with E-state index in [0.29, 0.717) is 10.0 Å². The van der Waals surface area contributed by atoms with Crippen molar-refractivity contribution in [3.05, 3.63) is 39.4 Å². The van der Waals surface area contributed by atoms with Crippen LogP contribution in [0, 0.1) is 0 Å². The molecule has 70 valence electrons. The highest BCUT2D eigenvalue weighted by Gasteiger charge is 2.01. The minimum Gasteiger partial charge on any atom is -0.0880 e. The van der Waals surface area contributed by atoms with Gasteiger partial charge in [-0.3, -0.25) is 0 Å². The van der Waals surface area contributed by atoms with E-state index >= 15 is 0 Å². The third kappa shape index (κ3) is 3.01. The molecule has 0 aliphatic carbocycles. The molecule has 0 nitrogen and oxygen atoms in total. The predicted octanol–water partition coefficient (Wildman–Crippen LogP) is 4.79. The van der Waals surface area contributed by atoms with E-state index in [9.17, 15) is 0 Å². The Bertz CT molecular complexity index is 332. The van der Waals surface area contributed by atoms with Gasteiger partial charge in [-0.2, -0.15) is 0 Å². The molecular weight excluding hydrogens is 271 g/mol. The molecule has 1 rings (SSSR count). The fourth-order valence-electron chi connectivity index (χ4n) is 0.936. The van der Waals surface area contributed by atoms with Gasteiger partial charge >= 0.3 is 0 Å². The van der Waals surface area contributed by atoms with Gasteiger partial charge in [0.2, 0.25) is 0 Å². The van der Waals surface area contributed by atoms with Crippen molar-refractivity contribution in [1.29, 1.82) is 0 Å². The number of rotatable bonds is 2. The molecule has 0 aliphatic rings. The quantitative estimate of drug-likeness (QED) is 0.683. The highest BCUT2D eigenvalue weighted by molar-refractivity contribution is 9.09. The number of benzene rings is 1. The largest absolute Gasteiger partial charge is 0.0880 e. The van der Waals surface area contributed by atoms with Gasteiger partial charge in [-0.05, 0) is 18.6 Å². The second kappa shape index (κ2) is 5.04. The second-order valence-electron chi connectivity index (χ2n) is 2.77. The molecule has 13 heavy (non-hydrogen) atoms. The molecule has 0 heterocycles. The van der Waals surface area contributed by atoms with Crippen molar-refractivity contribution in [3.8, 4) is 0 Å². The van der Waals surface area contributed by atoms with Crippen LogP contribution >= 0.6 is 39.1 Å². The van der Waals surface area contributed by atoms with Gasteiger partial charge in [-0.15, -0.1) is 0 Å². The number of alkyl halides is 1. The Labute approximate surface area is 96.7 Å². The number of halogens is 3. The van der Waals surface area contributed by atoms with Gasteiger partial charge in [0, 0.05) is 5.33 Å². The molecule has 0 amide bonds. The third-order valence-electron chi connectivity index (χ3n) is 1.59. The standard InChI is InChI=1S/C10H9BrCl2/c1-7(6-11)5-8-3-2-4-9(12)10(8)13/h2-5H,6H2,1H3. The van der Waals surface area contributed by atoms with Gasteiger partial charge in [0.1, 0.15) is 0 Å². The van der Waals surface area contributed by atoms with Crippen molar-refractivity contribution < 1.29 is 0 Å². The van der Waals surface area contributed by atoms with Crippen molar-refractivity contribution >= 4 is 45.2 Å². The first kappa shape index (κ1) is 11.1. The number of allylic oxidation sites excluding steroid dienone is 1. The van der Waals surface area contributed by atoms with Gasteiger partial charge in [-0.1, -0.05) is 62.9 Å². The van der Waals surface area contributed by atoms with E-state index in [1.54, 1.807) is 6.07 Å². The van der Waals surface area contributed by atoms with Gasteiger partial charge in [-0.25, -0.2) is 0 Å². The number of hydrogen-bond acceptors (Lipinski definition) is 0. The molecule has 0 saturated carbocycles. The lowest BCUT2D eigenvalue weighted by molar-refractivity contribution is 1.45. The summed E-state index contributed by atoms with van der Waals surface area (Å²) in [7, 11) is 0. The van der Waals surface area contributed by atoms with Crippen LogP contribution in [-0.2, 0) is 0 Å². The van der Waals surface area contributed by atoms with Crippen LogP contribution < -0.4 is 0 Å². The van der Waals surface area contributed by atoms with E-state index in [4.69, 9.17) is 23.2 Å². The van der Waals surface area contributed by atoms with E-state index in [1.165, 1.54) is 5.57 Å². The van der Waals surface area contributed by atoms with E-state index in [2.05, 4.69) is 15.9 Å². The van der Waals surface area contributed by atoms with Crippen LogP contribution in [0.15, 0.2) is 23.8 Å². The lowest BCUT2D eigenvalue weighted by Gasteiger charge is -2.01. The van der Waals surface area contributed by atoms with Crippen LogP contribution in [0.4, 0.5) is 0 Å². The Balaban J connectivity index is 3.09. The zero-order valence-corrected chi connectivity index (χ0v) is 10.2. The summed E-state index contributed by atoms with van der Waals surface area (Å²) >= 11 is 15.2. The molecule has 1 aromatic carbocycles. The summed E-state index contributed by atoms with van der Waals surface area (Å²) in [6.45, 7) is 2.03. The summed E-state index contributed by atoms with van der Waals surface area (Å²) in [6.07, 6.45) is 2.02. The first-order chi connectivity index (χ1) is 6.15. The second-order valence-corrected chi connectivity index (χ2v) is 4.11. The topological polar surface area (TPSA) is 0 Å². The molecule has 0 saturated heterocycles. The van der Waals surface area contributed by atoms with Crippen molar-refractivity contribution in [2.24, 2.45) is 0 Å². The molecule has 3 heteroatoms. The van der Waals surface area contributed by atoms with Crippen molar-refractivity contribution in [2.75, 3.05) is 5.33 Å². The Kier molecular flexibility index (Phi) is 4.30. The zero-order valence-electron chi connectivity index (χ0n) is 7.15. The maximum atomic E-state index is 6.00. The predicted molar refractivity (Wildman–Crippen MR) is 63.9 cm³/mol. The minimum atomic E-state index is 0.595. The van der Waals surface area contributed by atoms with Crippen LogP contribution in [0.25, 0.3) is 6.08 Å². The molecule has 0 fully saturated rings. The van der Waals surface area contributed by atoms with Crippen LogP contribution in [0.2, 0.25) is 10.0 Å². The molecule has 1 aromatic rings. The summed E-state index contributed by atoms with van der Waals surface area (Å²) in [5.74, 6) is 0. The Morgan fingerprint density at radius 3 is 2.77 bits per heavy atom. The summed E-state index contributed by atoms with van der Waals surface area (Å²) in [6, 6.07) is 5.62. The maximum Gasteiger partial charge on any atom is 0.0664 e. The molecule has 0 unspecified atom stereocenters. The van der Waals surface area contributed by atoms with E-state index in [-0.39, 0.29) is 0 Å². The highest BCUT2D eigenvalue weighted by Crippen LogP contribution is 2.27. The van der Waals surface area contributed by atoms with Gasteiger partial charge < -0.3 is 0 Å². The van der Waals surface area contributed by atoms with Crippen LogP contribution in [0.3, 0.4) is 0 Å². The SMILES string of the molecule is CC(=Cc1cccc(Cl)c1Cl)CBr. The lowest BCUT2D eigenvalue weighted by Crippen LogP contribution is -1.80. The van der Waals surface area contributed by atoms with Crippen molar-refractivity contribution in [2.45, 2.75) is 6.92 Å². The Hall–Kier alpha value is 0.0200. The van der Waals surface area contributed by atoms with Crippen molar-refractivity contribution in [1.82, 2.24) is 0 Å². The fraction of sp³-hybridized carbons (Fsp3) is 0.200. The van der Waals surface area contributed by atoms with Crippen LogP contribution in [-0.4, -0.2) is 5.33 Å². The smallest absolute Gasteiger partial charge is 0.0664 e. The number of hydrogen-bond donors (Lipinski definition) is 0. The molecule has 0 N–H and O–H groups in total. The zero-order chi connectivity index (χ0) is 9.84. The molecule has 0 aromatic heterocycles. The van der Waals surface area contributed by atoms with E-state index in [1.807, 2.05) is 25.1 Å². The van der Waals surface area contributed by atoms with Gasteiger partial charge in [0.05, 0.1) is 10.0 Å². The first-order valence-corrected chi connectivity index (χ1v) is 5.70. The van der Waals surface area contributed by atoms with Gasteiger partial charge in [0.15, 0.2) is 0 Å². The monoisotopic (exact) mass is 278 g/mol. The minimum absolute atomic E-state index is 0.595. The normalized spacial score (nSPS) is 11.8. The highest BCUT2D eigenvalue weighted by atomic mass is 79.9. The van der Waals surface area contributed by atoms with Gasteiger partial charge in [0.25, 0.3) is 0 Å². The molecule has 0 aliphatic heterocycles. The summed E-state index contributed by atoms with van der Waals surface area (Å²) in [5.41, 5.74) is 2.18. The molecule has 0 spiro atoms. The average molecular weight is 280 g/mol. The summed E-state index contributed by atoms with van der Waals surface area (Å²) in [4.78, 5) is 0. The molecule has 0 radical (unpaired) electrons. The third-order valence-corrected chi connectivity index (χ3v) is 3.31. The van der Waals surface area contributed by atoms with Crippen LogP contribution in [0.5, 0.6) is 0 Å². The fourth-order valence-corrected chi connectivity index (χ4v) is 1.46. The summed E-state index contributed by atoms with van der Waals surface area (Å²) in [5, 5.41) is 2.05. The average Bonchev–Trinajstić information content (AvgIpc) is 2.13. The Morgan fingerprint density at radius 2 is 2.15 bits per heavy atom. The molecule has 0 atom stereocenters. The molecular formula is C10H9BrCl2.